The van der Waals surface area contributed by atoms with Crippen LogP contribution >= 0.6 is 11.6 Å². The van der Waals surface area contributed by atoms with Crippen molar-refractivity contribution >= 4 is 17.5 Å². The van der Waals surface area contributed by atoms with Crippen LogP contribution in [0.15, 0.2) is 16.7 Å². The average Bonchev–Trinajstić information content (AvgIpc) is 2.75. The molecule has 0 aliphatic heterocycles. The molecule has 0 spiro atoms. The molecule has 1 N–H and O–H groups in total. The summed E-state index contributed by atoms with van der Waals surface area (Å²) in [6, 6.07) is 0.440. The van der Waals surface area contributed by atoms with Crippen LogP contribution in [0.5, 0.6) is 0 Å². The molecule has 106 valence electrons. The van der Waals surface area contributed by atoms with Crippen molar-refractivity contribution in [1.82, 2.24) is 5.32 Å². The molecule has 2 rings (SSSR count). The third-order valence-electron chi connectivity index (χ3n) is 3.37. The second kappa shape index (κ2) is 5.45. The summed E-state index contributed by atoms with van der Waals surface area (Å²) in [5.41, 5.74) is 0.0631. The molecule has 7 heteroatoms. The Balaban J connectivity index is 2.08. The van der Waals surface area contributed by atoms with Crippen molar-refractivity contribution in [3.05, 3.63) is 23.1 Å². The van der Waals surface area contributed by atoms with Gasteiger partial charge in [-0.05, 0) is 30.5 Å². The molecule has 0 radical (unpaired) electrons. The van der Waals surface area contributed by atoms with Gasteiger partial charge in [-0.3, -0.25) is 4.79 Å². The van der Waals surface area contributed by atoms with Crippen molar-refractivity contribution in [3.63, 3.8) is 0 Å². The monoisotopic (exact) mass is 295 g/mol. The van der Waals surface area contributed by atoms with Crippen LogP contribution in [0.4, 0.5) is 13.2 Å². The third-order valence-corrected chi connectivity index (χ3v) is 3.66. The molecule has 0 saturated heterocycles. The minimum absolute atomic E-state index is 0.0492. The van der Waals surface area contributed by atoms with Gasteiger partial charge in [0.1, 0.15) is 0 Å². The lowest BCUT2D eigenvalue weighted by Gasteiger charge is -2.33. The van der Waals surface area contributed by atoms with Crippen molar-refractivity contribution in [2.24, 2.45) is 5.92 Å². The second-order valence-electron chi connectivity index (χ2n) is 4.62. The van der Waals surface area contributed by atoms with E-state index in [2.05, 4.69) is 5.32 Å². The number of alkyl halides is 3. The zero-order valence-electron chi connectivity index (χ0n) is 9.97. The zero-order valence-corrected chi connectivity index (χ0v) is 10.7. The summed E-state index contributed by atoms with van der Waals surface area (Å²) in [4.78, 5) is 11.8. The Bertz CT molecular complexity index is 458. The highest BCUT2D eigenvalue weighted by Gasteiger charge is 2.46. The molecule has 19 heavy (non-hydrogen) atoms. The molecule has 1 heterocycles. The van der Waals surface area contributed by atoms with Crippen molar-refractivity contribution in [2.75, 3.05) is 0 Å². The van der Waals surface area contributed by atoms with Gasteiger partial charge in [0.25, 0.3) is 5.91 Å². The van der Waals surface area contributed by atoms with Crippen LogP contribution in [0.25, 0.3) is 0 Å². The third kappa shape index (κ3) is 3.23. The van der Waals surface area contributed by atoms with Crippen molar-refractivity contribution in [3.8, 4) is 0 Å². The number of hydrogen-bond acceptors (Lipinski definition) is 2. The zero-order chi connectivity index (χ0) is 14.0. The summed E-state index contributed by atoms with van der Waals surface area (Å²) in [5, 5.41) is 2.30. The summed E-state index contributed by atoms with van der Waals surface area (Å²) < 4.78 is 43.4. The van der Waals surface area contributed by atoms with Gasteiger partial charge in [-0.2, -0.15) is 13.2 Å². The minimum atomic E-state index is -4.29. The second-order valence-corrected chi connectivity index (χ2v) is 4.96. The number of rotatable bonds is 2. The van der Waals surface area contributed by atoms with Gasteiger partial charge in [-0.15, -0.1) is 0 Å². The Morgan fingerprint density at radius 1 is 1.37 bits per heavy atom. The van der Waals surface area contributed by atoms with E-state index in [9.17, 15) is 18.0 Å². The highest BCUT2D eigenvalue weighted by Crippen LogP contribution is 2.37. The molecule has 1 aliphatic carbocycles. The molecule has 3 nitrogen and oxygen atoms in total. The maximum atomic E-state index is 12.9. The average molecular weight is 296 g/mol. The highest BCUT2D eigenvalue weighted by atomic mass is 35.5. The molecular formula is C12H13ClF3NO2. The Morgan fingerprint density at radius 2 is 2.05 bits per heavy atom. The maximum absolute atomic E-state index is 12.9. The smallest absolute Gasteiger partial charge is 0.393 e. The fourth-order valence-electron chi connectivity index (χ4n) is 2.40. The molecule has 2 unspecified atom stereocenters. The van der Waals surface area contributed by atoms with Gasteiger partial charge < -0.3 is 9.73 Å². The van der Waals surface area contributed by atoms with Crippen LogP contribution in [-0.4, -0.2) is 18.1 Å². The molecule has 1 aromatic heterocycles. The topological polar surface area (TPSA) is 42.2 Å². The number of amides is 1. The van der Waals surface area contributed by atoms with E-state index < -0.39 is 24.0 Å². The van der Waals surface area contributed by atoms with Gasteiger partial charge in [-0.1, -0.05) is 12.8 Å². The minimum Gasteiger partial charge on any atom is -0.452 e. The first-order chi connectivity index (χ1) is 8.89. The van der Waals surface area contributed by atoms with E-state index >= 15 is 0 Å². The van der Waals surface area contributed by atoms with E-state index in [1.54, 1.807) is 0 Å². The van der Waals surface area contributed by atoms with E-state index in [1.165, 1.54) is 12.3 Å². The Morgan fingerprint density at radius 3 is 2.63 bits per heavy atom. The summed E-state index contributed by atoms with van der Waals surface area (Å²) >= 11 is 5.63. The van der Waals surface area contributed by atoms with Gasteiger partial charge >= 0.3 is 6.18 Å². The molecule has 0 aromatic carbocycles. The molecule has 1 aliphatic rings. The van der Waals surface area contributed by atoms with E-state index in [4.69, 9.17) is 16.0 Å². The van der Waals surface area contributed by atoms with E-state index in [0.717, 1.165) is 0 Å². The maximum Gasteiger partial charge on any atom is 0.393 e. The van der Waals surface area contributed by atoms with E-state index in [0.29, 0.717) is 19.3 Å². The van der Waals surface area contributed by atoms with Crippen molar-refractivity contribution in [1.29, 1.82) is 0 Å². The molecule has 1 fully saturated rings. The summed E-state index contributed by atoms with van der Waals surface area (Å²) in [5.74, 6) is -2.12. The number of furan rings is 1. The molecule has 1 saturated carbocycles. The van der Waals surface area contributed by atoms with Crippen LogP contribution < -0.4 is 5.32 Å². The lowest BCUT2D eigenvalue weighted by atomic mass is 9.84. The van der Waals surface area contributed by atoms with Gasteiger partial charge in [0.2, 0.25) is 5.22 Å². The quantitative estimate of drug-likeness (QED) is 0.902. The molecule has 1 aromatic rings. The van der Waals surface area contributed by atoms with Gasteiger partial charge in [0.05, 0.1) is 17.7 Å². The molecule has 2 atom stereocenters. The fourth-order valence-corrected chi connectivity index (χ4v) is 2.60. The van der Waals surface area contributed by atoms with Gasteiger partial charge in [0.15, 0.2) is 0 Å². The first-order valence-corrected chi connectivity index (χ1v) is 6.38. The van der Waals surface area contributed by atoms with Crippen LogP contribution in [-0.2, 0) is 0 Å². The highest BCUT2D eigenvalue weighted by molar-refractivity contribution is 6.32. The number of nitrogens with one attached hydrogen (secondary N) is 1. The fraction of sp³-hybridized carbons (Fsp3) is 0.583. The van der Waals surface area contributed by atoms with Crippen LogP contribution in [0.2, 0.25) is 5.22 Å². The van der Waals surface area contributed by atoms with Gasteiger partial charge in [0, 0.05) is 6.04 Å². The Hall–Kier alpha value is -1.17. The van der Waals surface area contributed by atoms with Crippen LogP contribution in [0.1, 0.15) is 36.0 Å². The number of halogens is 4. The SMILES string of the molecule is O=C(NC1CCCCC1C(F)(F)F)c1ccoc1Cl. The lowest BCUT2D eigenvalue weighted by Crippen LogP contribution is -2.47. The molecule has 0 bridgehead atoms. The van der Waals surface area contributed by atoms with Gasteiger partial charge in [-0.25, -0.2) is 0 Å². The van der Waals surface area contributed by atoms with Crippen molar-refractivity contribution < 1.29 is 22.4 Å². The summed E-state index contributed by atoms with van der Waals surface area (Å²) in [6.07, 6.45) is -1.49. The standard InChI is InChI=1S/C12H13ClF3NO2/c13-10-7(5-6-19-10)11(18)17-9-4-2-1-3-8(9)12(14,15)16/h5-6,8-9H,1-4H2,(H,17,18). The number of carbonyl (C=O) groups excluding carboxylic acids is 1. The summed E-state index contributed by atoms with van der Waals surface area (Å²) in [6.45, 7) is 0. The van der Waals surface area contributed by atoms with E-state index in [-0.39, 0.29) is 17.2 Å². The summed E-state index contributed by atoms with van der Waals surface area (Å²) in [7, 11) is 0. The number of carbonyl (C=O) groups is 1. The van der Waals surface area contributed by atoms with Crippen LogP contribution in [0, 0.1) is 5.92 Å². The first kappa shape index (κ1) is 14.2. The normalized spacial score (nSPS) is 24.2. The molecular weight excluding hydrogens is 283 g/mol. The Labute approximate surface area is 113 Å². The Kier molecular flexibility index (Phi) is 4.08. The predicted molar refractivity (Wildman–Crippen MR) is 63.0 cm³/mol. The first-order valence-electron chi connectivity index (χ1n) is 6.00. The van der Waals surface area contributed by atoms with Crippen molar-refractivity contribution in [2.45, 2.75) is 37.9 Å². The molecule has 1 amide bonds. The largest absolute Gasteiger partial charge is 0.452 e. The van der Waals surface area contributed by atoms with E-state index in [1.807, 2.05) is 0 Å². The lowest BCUT2D eigenvalue weighted by molar-refractivity contribution is -0.187. The number of hydrogen-bond donors (Lipinski definition) is 1. The predicted octanol–water partition coefficient (Wildman–Crippen LogP) is 3.78. The van der Waals surface area contributed by atoms with Crippen LogP contribution in [0.3, 0.4) is 0 Å².